The molecule has 0 bridgehead atoms. The van der Waals surface area contributed by atoms with Gasteiger partial charge >= 0.3 is 0 Å². The van der Waals surface area contributed by atoms with Crippen LogP contribution in [0.2, 0.25) is 0 Å². The molecule has 7 nitrogen and oxygen atoms in total. The Hall–Kier alpha value is -2.15. The molecule has 1 N–H and O–H groups in total. The third kappa shape index (κ3) is 3.79. The Bertz CT molecular complexity index is 578. The molecule has 2 fully saturated rings. The number of nitro benzene ring substituents is 1. The number of hydrogen-bond donors (Lipinski definition) is 1. The summed E-state index contributed by atoms with van der Waals surface area (Å²) in [6, 6.07) is 5.92. The quantitative estimate of drug-likeness (QED) is 0.670. The predicted molar refractivity (Wildman–Crippen MR) is 84.3 cm³/mol. The summed E-state index contributed by atoms with van der Waals surface area (Å²) in [6.07, 6.45) is 2.06. The predicted octanol–water partition coefficient (Wildman–Crippen LogP) is 1.43. The Morgan fingerprint density at radius 2 is 2.00 bits per heavy atom. The number of non-ortho nitro benzene ring substituents is 1. The molecule has 23 heavy (non-hydrogen) atoms. The highest BCUT2D eigenvalue weighted by Gasteiger charge is 2.31. The fourth-order valence-electron chi connectivity index (χ4n) is 3.39. The van der Waals surface area contributed by atoms with Gasteiger partial charge in [-0.3, -0.25) is 14.9 Å². The van der Waals surface area contributed by atoms with Crippen LogP contribution in [0.3, 0.4) is 0 Å². The van der Waals surface area contributed by atoms with Gasteiger partial charge in [-0.05, 0) is 43.8 Å². The normalized spacial score (nSPS) is 23.9. The second kappa shape index (κ2) is 6.95. The average Bonchev–Trinajstić information content (AvgIpc) is 2.91. The minimum absolute atomic E-state index is 0.0370. The maximum Gasteiger partial charge on any atom is 0.273 e. The van der Waals surface area contributed by atoms with E-state index < -0.39 is 4.92 Å². The summed E-state index contributed by atoms with van der Waals surface area (Å²) in [5.41, 5.74) is -0.0370. The minimum Gasteiger partial charge on any atom is -0.484 e. The van der Waals surface area contributed by atoms with Crippen LogP contribution >= 0.6 is 0 Å². The van der Waals surface area contributed by atoms with E-state index >= 15 is 0 Å². The number of benzene rings is 1. The highest BCUT2D eigenvalue weighted by molar-refractivity contribution is 5.77. The summed E-state index contributed by atoms with van der Waals surface area (Å²) in [5.74, 6) is 1.64. The second-order valence-electron chi connectivity index (χ2n) is 6.18. The van der Waals surface area contributed by atoms with Gasteiger partial charge in [0.1, 0.15) is 5.75 Å². The van der Waals surface area contributed by atoms with Crippen LogP contribution in [0.25, 0.3) is 0 Å². The van der Waals surface area contributed by atoms with E-state index in [2.05, 4.69) is 5.32 Å². The van der Waals surface area contributed by atoms with Gasteiger partial charge in [0.25, 0.3) is 11.6 Å². The molecule has 0 unspecified atom stereocenters. The molecule has 2 heterocycles. The molecule has 2 atom stereocenters. The van der Waals surface area contributed by atoms with Gasteiger partial charge in [0.15, 0.2) is 6.61 Å². The molecule has 0 saturated carbocycles. The number of fused-ring (bicyclic) bond motifs is 1. The van der Waals surface area contributed by atoms with E-state index in [1.807, 2.05) is 4.90 Å². The smallest absolute Gasteiger partial charge is 0.273 e. The molecule has 124 valence electrons. The van der Waals surface area contributed by atoms with Crippen molar-refractivity contribution >= 4 is 11.6 Å². The number of rotatable bonds is 4. The van der Waals surface area contributed by atoms with Crippen molar-refractivity contribution in [1.82, 2.24) is 10.2 Å². The van der Waals surface area contributed by atoms with Gasteiger partial charge in [-0.15, -0.1) is 0 Å². The fraction of sp³-hybridized carbons (Fsp3) is 0.562. The van der Waals surface area contributed by atoms with E-state index in [0.717, 1.165) is 39.0 Å². The van der Waals surface area contributed by atoms with Crippen molar-refractivity contribution in [2.24, 2.45) is 11.8 Å². The molecule has 1 amide bonds. The van der Waals surface area contributed by atoms with Crippen molar-refractivity contribution in [3.8, 4) is 5.75 Å². The van der Waals surface area contributed by atoms with Crippen LogP contribution in [0.4, 0.5) is 5.69 Å². The molecule has 0 spiro atoms. The molecular formula is C16H21N3O4. The molecule has 0 aromatic heterocycles. The maximum atomic E-state index is 12.3. The highest BCUT2D eigenvalue weighted by Crippen LogP contribution is 2.27. The first-order chi connectivity index (χ1) is 11.1. The zero-order valence-corrected chi connectivity index (χ0v) is 12.9. The van der Waals surface area contributed by atoms with E-state index in [1.54, 1.807) is 12.1 Å². The number of likely N-dealkylation sites (tertiary alicyclic amines) is 1. The summed E-state index contributed by atoms with van der Waals surface area (Å²) >= 11 is 0. The molecule has 0 aliphatic carbocycles. The van der Waals surface area contributed by atoms with Gasteiger partial charge in [0.2, 0.25) is 0 Å². The number of nitrogens with zero attached hydrogens (tertiary/aromatic N) is 2. The molecule has 7 heteroatoms. The Kier molecular flexibility index (Phi) is 4.76. The average molecular weight is 319 g/mol. The first-order valence-electron chi connectivity index (χ1n) is 7.99. The zero-order valence-electron chi connectivity index (χ0n) is 12.9. The van der Waals surface area contributed by atoms with Gasteiger partial charge < -0.3 is 15.0 Å². The molecular weight excluding hydrogens is 298 g/mol. The zero-order chi connectivity index (χ0) is 16.2. The number of amides is 1. The SMILES string of the molecule is O=C(COc1cccc([N+](=O)[O-])c1)N1CC[C@@H]2CNC[C@@H]2CC1. The molecule has 2 saturated heterocycles. The van der Waals surface area contributed by atoms with E-state index in [4.69, 9.17) is 4.74 Å². The number of nitrogens with one attached hydrogen (secondary N) is 1. The first kappa shape index (κ1) is 15.7. The third-order valence-electron chi connectivity index (χ3n) is 4.76. The van der Waals surface area contributed by atoms with E-state index in [9.17, 15) is 14.9 Å². The fourth-order valence-corrected chi connectivity index (χ4v) is 3.39. The standard InChI is InChI=1S/C16H21N3O4/c20-16(11-23-15-3-1-2-14(8-15)19(21)22)18-6-4-12-9-17-10-13(12)5-7-18/h1-3,8,12-13,17H,4-7,9-11H2/t12-,13+. The lowest BCUT2D eigenvalue weighted by Gasteiger charge is -2.21. The van der Waals surface area contributed by atoms with E-state index in [-0.39, 0.29) is 18.2 Å². The Balaban J connectivity index is 1.53. The number of carbonyl (C=O) groups excluding carboxylic acids is 1. The third-order valence-corrected chi connectivity index (χ3v) is 4.76. The summed E-state index contributed by atoms with van der Waals surface area (Å²) in [4.78, 5) is 24.4. The first-order valence-corrected chi connectivity index (χ1v) is 7.99. The van der Waals surface area contributed by atoms with E-state index in [0.29, 0.717) is 17.6 Å². The molecule has 1 aromatic rings. The molecule has 0 radical (unpaired) electrons. The van der Waals surface area contributed by atoms with Crippen LogP contribution < -0.4 is 10.1 Å². The van der Waals surface area contributed by atoms with Crippen LogP contribution in [0, 0.1) is 22.0 Å². The lowest BCUT2D eigenvalue weighted by Crippen LogP contribution is -2.36. The Morgan fingerprint density at radius 3 is 2.65 bits per heavy atom. The second-order valence-corrected chi connectivity index (χ2v) is 6.18. The van der Waals surface area contributed by atoms with Crippen LogP contribution in [0.5, 0.6) is 5.75 Å². The van der Waals surface area contributed by atoms with Gasteiger partial charge in [-0.2, -0.15) is 0 Å². The Morgan fingerprint density at radius 1 is 1.30 bits per heavy atom. The van der Waals surface area contributed by atoms with Crippen molar-refractivity contribution in [3.63, 3.8) is 0 Å². The van der Waals surface area contributed by atoms with Crippen LogP contribution in [0.15, 0.2) is 24.3 Å². The summed E-state index contributed by atoms with van der Waals surface area (Å²) in [6.45, 7) is 3.56. The lowest BCUT2D eigenvalue weighted by atomic mass is 9.92. The van der Waals surface area contributed by atoms with Gasteiger partial charge in [-0.25, -0.2) is 0 Å². The van der Waals surface area contributed by atoms with Gasteiger partial charge in [0.05, 0.1) is 11.0 Å². The number of hydrogen-bond acceptors (Lipinski definition) is 5. The lowest BCUT2D eigenvalue weighted by molar-refractivity contribution is -0.384. The van der Waals surface area contributed by atoms with Crippen molar-refractivity contribution < 1.29 is 14.5 Å². The van der Waals surface area contributed by atoms with Gasteiger partial charge in [-0.1, -0.05) is 6.07 Å². The van der Waals surface area contributed by atoms with Crippen LogP contribution in [-0.2, 0) is 4.79 Å². The van der Waals surface area contributed by atoms with Crippen molar-refractivity contribution in [3.05, 3.63) is 34.4 Å². The highest BCUT2D eigenvalue weighted by atomic mass is 16.6. The summed E-state index contributed by atoms with van der Waals surface area (Å²) in [5, 5.41) is 14.2. The number of carbonyl (C=O) groups is 1. The van der Waals surface area contributed by atoms with Gasteiger partial charge in [0, 0.05) is 19.2 Å². The summed E-state index contributed by atoms with van der Waals surface area (Å²) < 4.78 is 5.44. The van der Waals surface area contributed by atoms with Crippen molar-refractivity contribution in [1.29, 1.82) is 0 Å². The molecule has 1 aromatic carbocycles. The van der Waals surface area contributed by atoms with Crippen molar-refractivity contribution in [2.75, 3.05) is 32.8 Å². The van der Waals surface area contributed by atoms with Crippen LogP contribution in [0.1, 0.15) is 12.8 Å². The minimum atomic E-state index is -0.476. The van der Waals surface area contributed by atoms with E-state index in [1.165, 1.54) is 12.1 Å². The number of ether oxygens (including phenoxy) is 1. The van der Waals surface area contributed by atoms with Crippen molar-refractivity contribution in [2.45, 2.75) is 12.8 Å². The molecule has 2 aliphatic heterocycles. The summed E-state index contributed by atoms with van der Waals surface area (Å²) in [7, 11) is 0. The molecule has 2 aliphatic rings. The largest absolute Gasteiger partial charge is 0.484 e. The Labute approximate surface area is 134 Å². The maximum absolute atomic E-state index is 12.3. The topological polar surface area (TPSA) is 84.7 Å². The molecule has 3 rings (SSSR count). The monoisotopic (exact) mass is 319 g/mol. The number of nitro groups is 1. The van der Waals surface area contributed by atoms with Crippen LogP contribution in [-0.4, -0.2) is 48.5 Å².